The number of rotatable bonds is 6. The fourth-order valence-electron chi connectivity index (χ4n) is 2.91. The van der Waals surface area contributed by atoms with Gasteiger partial charge in [0.25, 0.3) is 0 Å². The van der Waals surface area contributed by atoms with Crippen LogP contribution in [0.2, 0.25) is 0 Å². The Balaban J connectivity index is 2.14. The molecule has 0 unspecified atom stereocenters. The lowest BCUT2D eigenvalue weighted by molar-refractivity contribution is 0.105. The molecule has 1 fully saturated rings. The maximum Gasteiger partial charge on any atom is 0.223 e. The van der Waals surface area contributed by atoms with Crippen molar-refractivity contribution in [2.24, 2.45) is 0 Å². The Kier molecular flexibility index (Phi) is 5.96. The summed E-state index contributed by atoms with van der Waals surface area (Å²) in [5.74, 6) is -0.225. The molecule has 7 nitrogen and oxygen atoms in total. The third-order valence-corrected chi connectivity index (χ3v) is 4.18. The zero-order chi connectivity index (χ0) is 16.1. The Bertz CT molecular complexity index is 550. The van der Waals surface area contributed by atoms with E-state index in [1.807, 2.05) is 0 Å². The van der Waals surface area contributed by atoms with Crippen LogP contribution < -0.4 is 5.43 Å². The first kappa shape index (κ1) is 17.0. The predicted octanol–water partition coefficient (Wildman–Crippen LogP) is -1.04. The number of pyridine rings is 1. The fourth-order valence-corrected chi connectivity index (χ4v) is 2.91. The van der Waals surface area contributed by atoms with Crippen molar-refractivity contribution in [3.8, 4) is 5.75 Å². The Morgan fingerprint density at radius 1 is 1.05 bits per heavy atom. The van der Waals surface area contributed by atoms with Gasteiger partial charge < -0.3 is 19.9 Å². The standard InChI is InChI=1S/C15H25N3O4/c1-12-10-14(21)15(22)13(18(12)7-9-20)11-17-4-2-16(3-5-17)6-8-19/h10,19-20,22H,2-9,11H2,1H3. The van der Waals surface area contributed by atoms with Crippen LogP contribution in [0.4, 0.5) is 0 Å². The normalized spacial score (nSPS) is 17.0. The predicted molar refractivity (Wildman–Crippen MR) is 83.0 cm³/mol. The summed E-state index contributed by atoms with van der Waals surface area (Å²) >= 11 is 0. The monoisotopic (exact) mass is 311 g/mol. The van der Waals surface area contributed by atoms with Crippen LogP contribution in [0.15, 0.2) is 10.9 Å². The highest BCUT2D eigenvalue weighted by molar-refractivity contribution is 5.29. The van der Waals surface area contributed by atoms with E-state index >= 15 is 0 Å². The molecule has 2 rings (SSSR count). The molecule has 0 aromatic carbocycles. The van der Waals surface area contributed by atoms with Crippen LogP contribution in [0.5, 0.6) is 5.75 Å². The lowest BCUT2D eigenvalue weighted by Crippen LogP contribution is -2.47. The highest BCUT2D eigenvalue weighted by Crippen LogP contribution is 2.17. The number of hydrogen-bond donors (Lipinski definition) is 3. The summed E-state index contributed by atoms with van der Waals surface area (Å²) in [5, 5.41) is 28.3. The molecule has 0 aliphatic carbocycles. The minimum atomic E-state index is -0.374. The first-order valence-corrected chi connectivity index (χ1v) is 7.65. The number of β-amino-alcohol motifs (C(OH)–C–C–N with tert-alkyl or cyclic N) is 1. The van der Waals surface area contributed by atoms with Crippen molar-refractivity contribution < 1.29 is 15.3 Å². The molecule has 0 radical (unpaired) electrons. The summed E-state index contributed by atoms with van der Waals surface area (Å²) in [5.41, 5.74) is 0.932. The Morgan fingerprint density at radius 2 is 1.64 bits per heavy atom. The van der Waals surface area contributed by atoms with E-state index < -0.39 is 0 Å². The van der Waals surface area contributed by atoms with Crippen LogP contribution >= 0.6 is 0 Å². The average Bonchev–Trinajstić information content (AvgIpc) is 2.50. The van der Waals surface area contributed by atoms with E-state index in [0.29, 0.717) is 25.3 Å². The Morgan fingerprint density at radius 3 is 2.23 bits per heavy atom. The molecule has 7 heteroatoms. The van der Waals surface area contributed by atoms with Gasteiger partial charge in [-0.05, 0) is 6.92 Å². The van der Waals surface area contributed by atoms with Gasteiger partial charge in [-0.15, -0.1) is 0 Å². The van der Waals surface area contributed by atoms with Crippen LogP contribution in [0, 0.1) is 6.92 Å². The molecule has 0 atom stereocenters. The van der Waals surface area contributed by atoms with Crippen LogP contribution in [0.25, 0.3) is 0 Å². The first-order valence-electron chi connectivity index (χ1n) is 7.65. The number of aliphatic hydroxyl groups excluding tert-OH is 2. The summed E-state index contributed by atoms with van der Waals surface area (Å²) in [6, 6.07) is 1.40. The van der Waals surface area contributed by atoms with Gasteiger partial charge in [0.15, 0.2) is 5.75 Å². The molecule has 1 saturated heterocycles. The van der Waals surface area contributed by atoms with E-state index in [4.69, 9.17) is 5.11 Å². The van der Waals surface area contributed by atoms with Gasteiger partial charge in [-0.3, -0.25) is 14.6 Å². The summed E-state index contributed by atoms with van der Waals surface area (Å²) in [6.07, 6.45) is 0. The van der Waals surface area contributed by atoms with Crippen LogP contribution in [-0.4, -0.2) is 75.6 Å². The highest BCUT2D eigenvalue weighted by atomic mass is 16.3. The minimum Gasteiger partial charge on any atom is -0.503 e. The van der Waals surface area contributed by atoms with Gasteiger partial charge in [-0.2, -0.15) is 0 Å². The molecule has 1 aliphatic rings. The fraction of sp³-hybridized carbons (Fsp3) is 0.667. The maximum absolute atomic E-state index is 11.8. The molecule has 0 bridgehead atoms. The number of aromatic hydroxyl groups is 1. The second-order valence-electron chi connectivity index (χ2n) is 5.66. The van der Waals surface area contributed by atoms with Crippen molar-refractivity contribution >= 4 is 0 Å². The molecule has 0 saturated carbocycles. The summed E-state index contributed by atoms with van der Waals surface area (Å²) < 4.78 is 1.80. The smallest absolute Gasteiger partial charge is 0.223 e. The average molecular weight is 311 g/mol. The van der Waals surface area contributed by atoms with Crippen molar-refractivity contribution in [1.82, 2.24) is 14.4 Å². The topological polar surface area (TPSA) is 89.2 Å². The van der Waals surface area contributed by atoms with Gasteiger partial charge in [0.1, 0.15) is 0 Å². The lowest BCUT2D eigenvalue weighted by atomic mass is 10.2. The number of hydrogen-bond acceptors (Lipinski definition) is 6. The molecule has 0 amide bonds. The highest BCUT2D eigenvalue weighted by Gasteiger charge is 2.20. The molecular formula is C15H25N3O4. The van der Waals surface area contributed by atoms with Gasteiger partial charge in [0.05, 0.1) is 18.9 Å². The van der Waals surface area contributed by atoms with Crippen molar-refractivity contribution in [2.75, 3.05) is 45.9 Å². The maximum atomic E-state index is 11.8. The number of piperazine rings is 1. The van der Waals surface area contributed by atoms with Crippen LogP contribution in [0.1, 0.15) is 11.4 Å². The molecule has 124 valence electrons. The third kappa shape index (κ3) is 3.86. The Labute approximate surface area is 130 Å². The summed E-state index contributed by atoms with van der Waals surface area (Å²) in [7, 11) is 0. The third-order valence-electron chi connectivity index (χ3n) is 4.18. The van der Waals surface area contributed by atoms with E-state index in [0.717, 1.165) is 31.9 Å². The second kappa shape index (κ2) is 7.73. The zero-order valence-electron chi connectivity index (χ0n) is 13.0. The van der Waals surface area contributed by atoms with E-state index in [1.165, 1.54) is 6.07 Å². The molecule has 1 aliphatic heterocycles. The number of aliphatic hydroxyl groups is 2. The molecule has 3 N–H and O–H groups in total. The summed E-state index contributed by atoms with van der Waals surface area (Å²) in [4.78, 5) is 16.2. The van der Waals surface area contributed by atoms with Gasteiger partial charge in [0, 0.05) is 57.6 Å². The SMILES string of the molecule is Cc1cc(=O)c(O)c(CN2CCN(CCO)CC2)n1CCO. The quantitative estimate of drug-likeness (QED) is 0.622. The molecule has 2 heterocycles. The molecule has 1 aromatic heterocycles. The van der Waals surface area contributed by atoms with E-state index in [9.17, 15) is 15.0 Å². The van der Waals surface area contributed by atoms with Gasteiger partial charge in [0.2, 0.25) is 5.43 Å². The molecular weight excluding hydrogens is 286 g/mol. The minimum absolute atomic E-state index is 0.0412. The van der Waals surface area contributed by atoms with E-state index in [2.05, 4.69) is 9.80 Å². The number of aryl methyl sites for hydroxylation is 1. The van der Waals surface area contributed by atoms with Gasteiger partial charge >= 0.3 is 0 Å². The first-order chi connectivity index (χ1) is 10.6. The van der Waals surface area contributed by atoms with Gasteiger partial charge in [-0.25, -0.2) is 0 Å². The zero-order valence-corrected chi connectivity index (χ0v) is 13.0. The van der Waals surface area contributed by atoms with E-state index in [1.54, 1.807) is 11.5 Å². The summed E-state index contributed by atoms with van der Waals surface area (Å²) in [6.45, 7) is 6.80. The Hall–Kier alpha value is -1.41. The van der Waals surface area contributed by atoms with Gasteiger partial charge in [-0.1, -0.05) is 0 Å². The number of aromatic nitrogens is 1. The van der Waals surface area contributed by atoms with Crippen molar-refractivity contribution in [1.29, 1.82) is 0 Å². The number of nitrogens with zero attached hydrogens (tertiary/aromatic N) is 3. The van der Waals surface area contributed by atoms with Crippen molar-refractivity contribution in [3.63, 3.8) is 0 Å². The van der Waals surface area contributed by atoms with Crippen molar-refractivity contribution in [2.45, 2.75) is 20.0 Å². The van der Waals surface area contributed by atoms with E-state index in [-0.39, 0.29) is 24.4 Å². The van der Waals surface area contributed by atoms with Crippen LogP contribution in [0.3, 0.4) is 0 Å². The lowest BCUT2D eigenvalue weighted by Gasteiger charge is -2.35. The molecule has 22 heavy (non-hydrogen) atoms. The van der Waals surface area contributed by atoms with Crippen LogP contribution in [-0.2, 0) is 13.1 Å². The van der Waals surface area contributed by atoms with Crippen molar-refractivity contribution in [3.05, 3.63) is 27.7 Å². The molecule has 0 spiro atoms. The molecule has 1 aromatic rings. The second-order valence-corrected chi connectivity index (χ2v) is 5.66. The largest absolute Gasteiger partial charge is 0.503 e.